The van der Waals surface area contributed by atoms with Crippen molar-refractivity contribution in [2.24, 2.45) is 4.99 Å². The first-order valence-corrected chi connectivity index (χ1v) is 6.28. The van der Waals surface area contributed by atoms with Crippen molar-refractivity contribution in [1.82, 2.24) is 15.3 Å². The standard InChI is InChI=1S/C11H16N4S/c1-8-12-5-4-9(14-8)6-13-10-15-11(2,3)7-16-10/h4-5H,6-7H2,1-3H3,(H,13,15). The third-order valence-electron chi connectivity index (χ3n) is 2.23. The Morgan fingerprint density at radius 1 is 1.56 bits per heavy atom. The van der Waals surface area contributed by atoms with Gasteiger partial charge in [-0.2, -0.15) is 0 Å². The highest BCUT2D eigenvalue weighted by Crippen LogP contribution is 2.22. The molecule has 1 aromatic heterocycles. The summed E-state index contributed by atoms with van der Waals surface area (Å²) in [6.45, 7) is 6.87. The Balaban J connectivity index is 2.00. The molecule has 0 spiro atoms. The van der Waals surface area contributed by atoms with Crippen molar-refractivity contribution >= 4 is 16.9 Å². The Bertz CT molecular complexity index is 414. The van der Waals surface area contributed by atoms with Crippen molar-refractivity contribution in [2.75, 3.05) is 5.75 Å². The molecule has 0 atom stereocenters. The lowest BCUT2D eigenvalue weighted by Crippen LogP contribution is -2.36. The molecule has 16 heavy (non-hydrogen) atoms. The van der Waals surface area contributed by atoms with E-state index in [0.29, 0.717) is 6.54 Å². The van der Waals surface area contributed by atoms with Crippen molar-refractivity contribution in [1.29, 1.82) is 0 Å². The first-order valence-electron chi connectivity index (χ1n) is 5.29. The Kier molecular flexibility index (Phi) is 3.14. The molecule has 5 heteroatoms. The van der Waals surface area contributed by atoms with Gasteiger partial charge in [-0.1, -0.05) is 11.8 Å². The number of aromatic nitrogens is 2. The van der Waals surface area contributed by atoms with Crippen molar-refractivity contribution in [3.05, 3.63) is 23.8 Å². The molecular weight excluding hydrogens is 220 g/mol. The van der Waals surface area contributed by atoms with E-state index in [2.05, 4.69) is 34.1 Å². The maximum Gasteiger partial charge on any atom is 0.157 e. The zero-order valence-corrected chi connectivity index (χ0v) is 10.6. The predicted molar refractivity (Wildman–Crippen MR) is 67.6 cm³/mol. The molecule has 1 aromatic rings. The van der Waals surface area contributed by atoms with Crippen molar-refractivity contribution in [3.8, 4) is 0 Å². The number of thioether (sulfide) groups is 1. The van der Waals surface area contributed by atoms with Crippen LogP contribution in [0.25, 0.3) is 0 Å². The van der Waals surface area contributed by atoms with E-state index in [9.17, 15) is 0 Å². The van der Waals surface area contributed by atoms with Gasteiger partial charge >= 0.3 is 0 Å². The Morgan fingerprint density at radius 2 is 2.38 bits per heavy atom. The lowest BCUT2D eigenvalue weighted by atomic mass is 10.1. The van der Waals surface area contributed by atoms with E-state index in [1.54, 1.807) is 18.0 Å². The van der Waals surface area contributed by atoms with Crippen LogP contribution in [-0.4, -0.2) is 26.4 Å². The molecule has 4 nitrogen and oxygen atoms in total. The zero-order chi connectivity index (χ0) is 11.6. The highest BCUT2D eigenvalue weighted by Gasteiger charge is 2.26. The molecule has 0 unspecified atom stereocenters. The molecule has 1 N–H and O–H groups in total. The van der Waals surface area contributed by atoms with E-state index in [0.717, 1.165) is 22.4 Å². The van der Waals surface area contributed by atoms with Crippen LogP contribution in [0.3, 0.4) is 0 Å². The lowest BCUT2D eigenvalue weighted by molar-refractivity contribution is 0.536. The van der Waals surface area contributed by atoms with E-state index in [1.807, 2.05) is 13.0 Å². The Labute approximate surface area is 100.0 Å². The second kappa shape index (κ2) is 4.41. The molecule has 2 heterocycles. The van der Waals surface area contributed by atoms with Crippen molar-refractivity contribution in [3.63, 3.8) is 0 Å². The summed E-state index contributed by atoms with van der Waals surface area (Å²) >= 11 is 1.77. The van der Waals surface area contributed by atoms with Crippen LogP contribution in [-0.2, 0) is 6.54 Å². The molecule has 1 fully saturated rings. The minimum Gasteiger partial charge on any atom is -0.359 e. The van der Waals surface area contributed by atoms with Crippen LogP contribution in [0, 0.1) is 6.92 Å². The van der Waals surface area contributed by atoms with Crippen LogP contribution >= 0.6 is 11.8 Å². The number of rotatable bonds is 2. The first-order chi connectivity index (χ1) is 7.55. The topological polar surface area (TPSA) is 50.2 Å². The number of aliphatic imine (C=N–C) groups is 1. The SMILES string of the molecule is Cc1nccc(CN=C2NC(C)(C)CS2)n1. The van der Waals surface area contributed by atoms with Crippen LogP contribution < -0.4 is 5.32 Å². The zero-order valence-electron chi connectivity index (χ0n) is 9.82. The number of amidine groups is 1. The molecule has 1 aliphatic rings. The number of hydrogen-bond donors (Lipinski definition) is 1. The largest absolute Gasteiger partial charge is 0.359 e. The van der Waals surface area contributed by atoms with Gasteiger partial charge in [-0.05, 0) is 26.8 Å². The van der Waals surface area contributed by atoms with Gasteiger partial charge in [-0.3, -0.25) is 4.99 Å². The van der Waals surface area contributed by atoms with Gasteiger partial charge in [-0.25, -0.2) is 9.97 Å². The monoisotopic (exact) mass is 236 g/mol. The van der Waals surface area contributed by atoms with E-state index < -0.39 is 0 Å². The molecule has 1 saturated heterocycles. The summed E-state index contributed by atoms with van der Waals surface area (Å²) in [6.07, 6.45) is 1.77. The molecule has 0 radical (unpaired) electrons. The summed E-state index contributed by atoms with van der Waals surface area (Å²) in [5, 5.41) is 4.40. The highest BCUT2D eigenvalue weighted by atomic mass is 32.2. The van der Waals surface area contributed by atoms with Crippen molar-refractivity contribution in [2.45, 2.75) is 32.9 Å². The molecule has 86 valence electrons. The van der Waals surface area contributed by atoms with Crippen molar-refractivity contribution < 1.29 is 0 Å². The summed E-state index contributed by atoms with van der Waals surface area (Å²) in [4.78, 5) is 12.9. The van der Waals surface area contributed by atoms with Gasteiger partial charge in [0.2, 0.25) is 0 Å². The smallest absolute Gasteiger partial charge is 0.157 e. The van der Waals surface area contributed by atoms with Gasteiger partial charge in [0.1, 0.15) is 5.82 Å². The molecular formula is C11H16N4S. The van der Waals surface area contributed by atoms with Gasteiger partial charge in [0, 0.05) is 17.5 Å². The molecule has 1 aliphatic heterocycles. The fourth-order valence-corrected chi connectivity index (χ4v) is 2.52. The van der Waals surface area contributed by atoms with Gasteiger partial charge < -0.3 is 5.32 Å². The minimum atomic E-state index is 0.158. The fourth-order valence-electron chi connectivity index (χ4n) is 1.44. The maximum atomic E-state index is 4.51. The first kappa shape index (κ1) is 11.4. The van der Waals surface area contributed by atoms with E-state index in [1.165, 1.54) is 0 Å². The average molecular weight is 236 g/mol. The third kappa shape index (κ3) is 2.95. The molecule has 0 saturated carbocycles. The highest BCUT2D eigenvalue weighted by molar-refractivity contribution is 8.14. The van der Waals surface area contributed by atoms with Gasteiger partial charge in [0.15, 0.2) is 5.17 Å². The lowest BCUT2D eigenvalue weighted by Gasteiger charge is -2.15. The minimum absolute atomic E-state index is 0.158. The quantitative estimate of drug-likeness (QED) is 0.850. The number of nitrogens with one attached hydrogen (secondary N) is 1. The normalized spacial score (nSPS) is 21.1. The molecule has 2 rings (SSSR count). The number of nitrogens with zero attached hydrogens (tertiary/aromatic N) is 3. The van der Waals surface area contributed by atoms with Crippen LogP contribution in [0.4, 0.5) is 0 Å². The Morgan fingerprint density at radius 3 is 3.00 bits per heavy atom. The summed E-state index contributed by atoms with van der Waals surface area (Å²) in [5.41, 5.74) is 1.12. The van der Waals surface area contributed by atoms with E-state index >= 15 is 0 Å². The maximum absolute atomic E-state index is 4.51. The van der Waals surface area contributed by atoms with Gasteiger partial charge in [0.05, 0.1) is 12.2 Å². The number of hydrogen-bond acceptors (Lipinski definition) is 4. The van der Waals surface area contributed by atoms with Crippen LogP contribution in [0.1, 0.15) is 25.4 Å². The van der Waals surface area contributed by atoms with Gasteiger partial charge in [0.25, 0.3) is 0 Å². The molecule has 0 amide bonds. The van der Waals surface area contributed by atoms with E-state index in [4.69, 9.17) is 0 Å². The summed E-state index contributed by atoms with van der Waals surface area (Å²) in [6, 6.07) is 1.90. The third-order valence-corrected chi connectivity index (χ3v) is 3.60. The summed E-state index contributed by atoms with van der Waals surface area (Å²) < 4.78 is 0. The second-order valence-electron chi connectivity index (χ2n) is 4.51. The Hall–Kier alpha value is -1.10. The molecule has 0 aromatic carbocycles. The summed E-state index contributed by atoms with van der Waals surface area (Å²) in [7, 11) is 0. The van der Waals surface area contributed by atoms with Crippen LogP contribution in [0.2, 0.25) is 0 Å². The van der Waals surface area contributed by atoms with Gasteiger partial charge in [-0.15, -0.1) is 0 Å². The van der Waals surface area contributed by atoms with Crippen LogP contribution in [0.15, 0.2) is 17.3 Å². The predicted octanol–water partition coefficient (Wildman–Crippen LogP) is 1.76. The second-order valence-corrected chi connectivity index (χ2v) is 5.48. The summed E-state index contributed by atoms with van der Waals surface area (Å²) in [5.74, 6) is 1.86. The molecule has 0 bridgehead atoms. The average Bonchev–Trinajstić information content (AvgIpc) is 2.56. The van der Waals surface area contributed by atoms with Crippen LogP contribution in [0.5, 0.6) is 0 Å². The molecule has 0 aliphatic carbocycles. The fraction of sp³-hybridized carbons (Fsp3) is 0.545. The van der Waals surface area contributed by atoms with E-state index in [-0.39, 0.29) is 5.54 Å². The number of aryl methyl sites for hydroxylation is 1.